The summed E-state index contributed by atoms with van der Waals surface area (Å²) in [6.45, 7) is 0. The summed E-state index contributed by atoms with van der Waals surface area (Å²) in [5.74, 6) is 5.01. The van der Waals surface area contributed by atoms with Crippen LogP contribution in [0.5, 0.6) is 0 Å². The Morgan fingerprint density at radius 2 is 1.92 bits per heavy atom. The smallest absolute Gasteiger partial charge is 0.410 e. The molecule has 0 aliphatic heterocycles. The molecular formula is C16H7BrF3N3O. The lowest BCUT2D eigenvalue weighted by Gasteiger charge is -2.10. The maximum atomic E-state index is 13.1. The van der Waals surface area contributed by atoms with Gasteiger partial charge in [0.1, 0.15) is 0 Å². The highest BCUT2D eigenvalue weighted by Crippen LogP contribution is 2.37. The summed E-state index contributed by atoms with van der Waals surface area (Å²) in [5.41, 5.74) is -0.449. The fourth-order valence-corrected chi connectivity index (χ4v) is 2.25. The van der Waals surface area contributed by atoms with Gasteiger partial charge in [-0.15, -0.1) is 5.10 Å². The van der Waals surface area contributed by atoms with E-state index in [1.807, 2.05) is 0 Å². The molecule has 0 aliphatic carbocycles. The molecule has 0 atom stereocenters. The maximum absolute atomic E-state index is 13.1. The van der Waals surface area contributed by atoms with Crippen LogP contribution in [0.4, 0.5) is 13.2 Å². The molecule has 0 N–H and O–H groups in total. The van der Waals surface area contributed by atoms with E-state index in [1.165, 1.54) is 12.1 Å². The highest BCUT2D eigenvalue weighted by Gasteiger charge is 2.35. The molecule has 3 rings (SSSR count). The van der Waals surface area contributed by atoms with Crippen LogP contribution < -0.4 is 0 Å². The van der Waals surface area contributed by atoms with E-state index in [1.54, 1.807) is 24.5 Å². The number of hydrogen-bond donors (Lipinski definition) is 0. The van der Waals surface area contributed by atoms with Crippen molar-refractivity contribution < 1.29 is 17.6 Å². The maximum Gasteiger partial charge on any atom is 0.417 e. The normalized spacial score (nSPS) is 11.0. The fraction of sp³-hybridized carbons (Fsp3) is 0.0625. The predicted octanol–water partition coefficient (Wildman–Crippen LogP) is 4.31. The molecule has 0 saturated carbocycles. The van der Waals surface area contributed by atoms with Crippen molar-refractivity contribution in [1.29, 1.82) is 0 Å². The minimum absolute atomic E-state index is 0.0815. The van der Waals surface area contributed by atoms with Crippen LogP contribution in [-0.4, -0.2) is 15.2 Å². The number of halogens is 4. The Morgan fingerprint density at radius 3 is 2.62 bits per heavy atom. The lowest BCUT2D eigenvalue weighted by molar-refractivity contribution is -0.137. The number of alkyl halides is 3. The summed E-state index contributed by atoms with van der Waals surface area (Å²) in [4.78, 5) is 3.90. The quantitative estimate of drug-likeness (QED) is 0.578. The van der Waals surface area contributed by atoms with E-state index in [-0.39, 0.29) is 17.3 Å². The van der Waals surface area contributed by atoms with E-state index in [0.29, 0.717) is 10.0 Å². The third kappa shape index (κ3) is 3.63. The molecule has 0 amide bonds. The van der Waals surface area contributed by atoms with Gasteiger partial charge in [0.2, 0.25) is 5.89 Å². The Bertz CT molecular complexity index is 927. The van der Waals surface area contributed by atoms with Gasteiger partial charge in [-0.2, -0.15) is 13.2 Å². The minimum Gasteiger partial charge on any atom is -0.410 e. The zero-order chi connectivity index (χ0) is 17.2. The second kappa shape index (κ2) is 6.45. The second-order valence-corrected chi connectivity index (χ2v) is 5.51. The molecule has 0 fully saturated rings. The molecule has 0 aliphatic rings. The second-order valence-electron chi connectivity index (χ2n) is 4.59. The minimum atomic E-state index is -4.54. The van der Waals surface area contributed by atoms with Crippen molar-refractivity contribution in [2.45, 2.75) is 6.18 Å². The van der Waals surface area contributed by atoms with Gasteiger partial charge in [0.25, 0.3) is 5.89 Å². The van der Waals surface area contributed by atoms with Gasteiger partial charge in [0.15, 0.2) is 0 Å². The van der Waals surface area contributed by atoms with Crippen LogP contribution in [0.1, 0.15) is 17.0 Å². The molecule has 24 heavy (non-hydrogen) atoms. The highest BCUT2D eigenvalue weighted by atomic mass is 79.9. The van der Waals surface area contributed by atoms with Crippen molar-refractivity contribution in [3.63, 3.8) is 0 Å². The number of pyridine rings is 1. The molecule has 3 aromatic rings. The van der Waals surface area contributed by atoms with Crippen LogP contribution in [0.15, 0.2) is 51.6 Å². The van der Waals surface area contributed by atoms with Gasteiger partial charge in [0.05, 0.1) is 11.1 Å². The van der Waals surface area contributed by atoms with Gasteiger partial charge in [-0.05, 0) is 36.3 Å². The van der Waals surface area contributed by atoms with Crippen molar-refractivity contribution in [2.75, 3.05) is 0 Å². The number of benzene rings is 1. The van der Waals surface area contributed by atoms with Crippen LogP contribution in [0.25, 0.3) is 11.5 Å². The summed E-state index contributed by atoms with van der Waals surface area (Å²) in [6, 6.07) is 6.96. The Balaban J connectivity index is 1.97. The molecule has 2 aromatic heterocycles. The summed E-state index contributed by atoms with van der Waals surface area (Å²) < 4.78 is 45.0. The van der Waals surface area contributed by atoms with Crippen molar-refractivity contribution in [1.82, 2.24) is 15.2 Å². The summed E-state index contributed by atoms with van der Waals surface area (Å²) >= 11 is 3.14. The highest BCUT2D eigenvalue weighted by molar-refractivity contribution is 9.10. The van der Waals surface area contributed by atoms with Crippen LogP contribution in [0.2, 0.25) is 0 Å². The molecule has 8 heteroatoms. The first-order valence-corrected chi connectivity index (χ1v) is 7.35. The van der Waals surface area contributed by atoms with E-state index >= 15 is 0 Å². The number of hydrogen-bond acceptors (Lipinski definition) is 4. The summed E-state index contributed by atoms with van der Waals surface area (Å²) in [7, 11) is 0. The SMILES string of the molecule is FC(F)(F)c1ccc(Br)cc1-c1nnc(C#Cc2cccnc2)o1. The molecule has 4 nitrogen and oxygen atoms in total. The molecule has 0 unspecified atom stereocenters. The molecular weight excluding hydrogens is 387 g/mol. The van der Waals surface area contributed by atoms with Gasteiger partial charge >= 0.3 is 6.18 Å². The van der Waals surface area contributed by atoms with Gasteiger partial charge in [-0.25, -0.2) is 0 Å². The molecule has 2 heterocycles. The summed E-state index contributed by atoms with van der Waals surface area (Å²) in [6.07, 6.45) is -1.39. The van der Waals surface area contributed by atoms with Gasteiger partial charge in [0, 0.05) is 22.4 Å². The first kappa shape index (κ1) is 16.2. The Hall–Kier alpha value is -2.66. The van der Waals surface area contributed by atoms with Crippen molar-refractivity contribution in [2.24, 2.45) is 0 Å². The van der Waals surface area contributed by atoms with Crippen molar-refractivity contribution in [3.05, 3.63) is 64.2 Å². The lowest BCUT2D eigenvalue weighted by atomic mass is 10.1. The van der Waals surface area contributed by atoms with E-state index in [2.05, 4.69) is 43.0 Å². The lowest BCUT2D eigenvalue weighted by Crippen LogP contribution is -2.07. The molecule has 0 saturated heterocycles. The van der Waals surface area contributed by atoms with Gasteiger partial charge < -0.3 is 4.42 Å². The molecule has 0 spiro atoms. The van der Waals surface area contributed by atoms with Crippen molar-refractivity contribution in [3.8, 4) is 23.3 Å². The van der Waals surface area contributed by atoms with Gasteiger partial charge in [-0.3, -0.25) is 4.98 Å². The van der Waals surface area contributed by atoms with E-state index < -0.39 is 11.7 Å². The Morgan fingerprint density at radius 1 is 1.08 bits per heavy atom. The summed E-state index contributed by atoms with van der Waals surface area (Å²) in [5, 5.41) is 7.33. The third-order valence-corrected chi connectivity index (χ3v) is 3.41. The first-order valence-electron chi connectivity index (χ1n) is 6.56. The van der Waals surface area contributed by atoms with Crippen LogP contribution in [0.3, 0.4) is 0 Å². The third-order valence-electron chi connectivity index (χ3n) is 2.92. The van der Waals surface area contributed by atoms with E-state index in [0.717, 1.165) is 6.07 Å². The van der Waals surface area contributed by atoms with E-state index in [9.17, 15) is 13.2 Å². The molecule has 0 bridgehead atoms. The average Bonchev–Trinajstić information content (AvgIpc) is 3.01. The zero-order valence-electron chi connectivity index (χ0n) is 11.8. The van der Waals surface area contributed by atoms with Crippen LogP contribution in [-0.2, 0) is 6.18 Å². The number of nitrogens with zero attached hydrogens (tertiary/aromatic N) is 3. The van der Waals surface area contributed by atoms with Crippen molar-refractivity contribution >= 4 is 15.9 Å². The van der Waals surface area contributed by atoms with E-state index in [4.69, 9.17) is 4.42 Å². The molecule has 0 radical (unpaired) electrons. The first-order chi connectivity index (χ1) is 11.4. The number of aromatic nitrogens is 3. The molecule has 120 valence electrons. The monoisotopic (exact) mass is 393 g/mol. The Labute approximate surface area is 142 Å². The van der Waals surface area contributed by atoms with Crippen LogP contribution in [0, 0.1) is 11.8 Å². The average molecular weight is 394 g/mol. The number of rotatable bonds is 1. The van der Waals surface area contributed by atoms with Gasteiger partial charge in [-0.1, -0.05) is 26.9 Å². The molecule has 1 aromatic carbocycles. The largest absolute Gasteiger partial charge is 0.417 e. The zero-order valence-corrected chi connectivity index (χ0v) is 13.4. The van der Waals surface area contributed by atoms with Crippen LogP contribution >= 0.6 is 15.9 Å². The Kier molecular flexibility index (Phi) is 4.36. The topological polar surface area (TPSA) is 51.8 Å². The standard InChI is InChI=1S/C16H7BrF3N3O/c17-11-4-5-13(16(18,19)20)12(8-11)15-23-22-14(24-15)6-3-10-2-1-7-21-9-10/h1-2,4-5,7-9H. The fourth-order valence-electron chi connectivity index (χ4n) is 1.89. The predicted molar refractivity (Wildman–Crippen MR) is 82.7 cm³/mol.